The zero-order valence-electron chi connectivity index (χ0n) is 10.0. The number of hydrogen-bond donors (Lipinski definition) is 2. The minimum absolute atomic E-state index is 0.0577. The molecule has 0 spiro atoms. The van der Waals surface area contributed by atoms with Crippen LogP contribution in [0.1, 0.15) is 17.2 Å². The molecule has 2 aromatic rings. The molecule has 2 rings (SSSR count). The molecule has 2 nitrogen and oxygen atoms in total. The highest BCUT2D eigenvalue weighted by atomic mass is 127. The summed E-state index contributed by atoms with van der Waals surface area (Å²) in [6.07, 6.45) is 0.607. The normalized spacial score (nSPS) is 12.4. The lowest BCUT2D eigenvalue weighted by Gasteiger charge is -2.17. The van der Waals surface area contributed by atoms with Gasteiger partial charge >= 0.3 is 0 Å². The van der Waals surface area contributed by atoms with Gasteiger partial charge in [-0.3, -0.25) is 11.3 Å². The maximum Gasteiger partial charge on any atom is 0.124 e. The fourth-order valence-electron chi connectivity index (χ4n) is 1.90. The summed E-state index contributed by atoms with van der Waals surface area (Å²) in [5.41, 5.74) is 4.72. The lowest BCUT2D eigenvalue weighted by molar-refractivity contribution is 0.550. The monoisotopic (exact) mass is 390 g/mol. The van der Waals surface area contributed by atoms with Gasteiger partial charge in [0.05, 0.1) is 6.04 Å². The fourth-order valence-corrected chi connectivity index (χ4v) is 2.72. The molecule has 0 aliphatic heterocycles. The average molecular weight is 391 g/mol. The molecular formula is C14H13ClFIN2. The van der Waals surface area contributed by atoms with E-state index in [9.17, 15) is 4.39 Å². The van der Waals surface area contributed by atoms with Gasteiger partial charge in [-0.2, -0.15) is 0 Å². The number of nitrogens with two attached hydrogens (primary N) is 1. The second kappa shape index (κ2) is 6.65. The summed E-state index contributed by atoms with van der Waals surface area (Å²) in [5, 5.41) is 0.422. The molecule has 0 aromatic heterocycles. The van der Waals surface area contributed by atoms with Crippen LogP contribution in [0.2, 0.25) is 5.02 Å². The van der Waals surface area contributed by atoms with E-state index in [1.54, 1.807) is 6.07 Å². The summed E-state index contributed by atoms with van der Waals surface area (Å²) >= 11 is 8.29. The Balaban J connectivity index is 2.24. The first-order valence-corrected chi connectivity index (χ1v) is 7.21. The van der Waals surface area contributed by atoms with E-state index in [0.29, 0.717) is 11.4 Å². The van der Waals surface area contributed by atoms with E-state index in [1.165, 1.54) is 12.1 Å². The predicted molar refractivity (Wildman–Crippen MR) is 84.3 cm³/mol. The summed E-state index contributed by atoms with van der Waals surface area (Å²) in [5.74, 6) is 5.28. The molecular weight excluding hydrogens is 378 g/mol. The van der Waals surface area contributed by atoms with E-state index in [4.69, 9.17) is 17.4 Å². The highest BCUT2D eigenvalue weighted by Gasteiger charge is 2.13. The predicted octanol–water partition coefficient (Wildman–Crippen LogP) is 3.83. The van der Waals surface area contributed by atoms with Gasteiger partial charge in [0.25, 0.3) is 0 Å². The largest absolute Gasteiger partial charge is 0.271 e. The van der Waals surface area contributed by atoms with Gasteiger partial charge in [0.15, 0.2) is 0 Å². The van der Waals surface area contributed by atoms with Gasteiger partial charge in [-0.05, 0) is 64.4 Å². The van der Waals surface area contributed by atoms with Gasteiger partial charge in [-0.15, -0.1) is 0 Å². The first-order valence-electron chi connectivity index (χ1n) is 5.75. The maximum atomic E-state index is 13.0. The number of hydrogen-bond acceptors (Lipinski definition) is 2. The molecule has 0 bridgehead atoms. The maximum absolute atomic E-state index is 13.0. The van der Waals surface area contributed by atoms with Gasteiger partial charge < -0.3 is 0 Å². The molecule has 0 aliphatic carbocycles. The zero-order chi connectivity index (χ0) is 13.8. The number of halogens is 3. The van der Waals surface area contributed by atoms with Crippen molar-refractivity contribution in [1.29, 1.82) is 0 Å². The van der Waals surface area contributed by atoms with Crippen LogP contribution in [0.25, 0.3) is 0 Å². The van der Waals surface area contributed by atoms with Crippen molar-refractivity contribution in [3.8, 4) is 0 Å². The van der Waals surface area contributed by atoms with Crippen LogP contribution in [-0.4, -0.2) is 0 Å². The fraction of sp³-hybridized carbons (Fsp3) is 0.143. The van der Waals surface area contributed by atoms with Crippen molar-refractivity contribution in [2.45, 2.75) is 12.5 Å². The second-order valence-electron chi connectivity index (χ2n) is 4.21. The number of hydrazine groups is 1. The van der Waals surface area contributed by atoms with E-state index in [-0.39, 0.29) is 11.9 Å². The third kappa shape index (κ3) is 3.89. The molecule has 100 valence electrons. The van der Waals surface area contributed by atoms with Gasteiger partial charge in [-0.25, -0.2) is 4.39 Å². The molecule has 0 heterocycles. The Labute approximate surface area is 130 Å². The SMILES string of the molecule is NNC(Cc1ccc(F)cc1Cl)c1cccc(I)c1. The summed E-state index contributed by atoms with van der Waals surface area (Å²) in [4.78, 5) is 0. The Hall–Kier alpha value is -0.690. The molecule has 0 saturated carbocycles. The molecule has 0 aliphatic rings. The van der Waals surface area contributed by atoms with Gasteiger partial charge in [0, 0.05) is 8.59 Å². The van der Waals surface area contributed by atoms with E-state index < -0.39 is 0 Å². The van der Waals surface area contributed by atoms with Crippen LogP contribution in [0.3, 0.4) is 0 Å². The Morgan fingerprint density at radius 3 is 2.68 bits per heavy atom. The third-order valence-electron chi connectivity index (χ3n) is 2.89. The number of benzene rings is 2. The summed E-state index contributed by atoms with van der Waals surface area (Å²) < 4.78 is 14.2. The Kier molecular flexibility index (Phi) is 5.15. The Morgan fingerprint density at radius 2 is 2.05 bits per heavy atom. The molecule has 1 unspecified atom stereocenters. The highest BCUT2D eigenvalue weighted by molar-refractivity contribution is 14.1. The molecule has 0 amide bonds. The third-order valence-corrected chi connectivity index (χ3v) is 3.91. The Morgan fingerprint density at radius 1 is 1.26 bits per heavy atom. The van der Waals surface area contributed by atoms with Crippen LogP contribution in [0.5, 0.6) is 0 Å². The quantitative estimate of drug-likeness (QED) is 0.473. The second-order valence-corrected chi connectivity index (χ2v) is 5.87. The van der Waals surface area contributed by atoms with Crippen molar-refractivity contribution < 1.29 is 4.39 Å². The van der Waals surface area contributed by atoms with E-state index in [2.05, 4.69) is 34.1 Å². The lowest BCUT2D eigenvalue weighted by atomic mass is 9.99. The smallest absolute Gasteiger partial charge is 0.124 e. The number of rotatable bonds is 4. The standard InChI is InChI=1S/C14H13ClFIN2/c15-13-8-11(16)5-4-9(13)7-14(19-18)10-2-1-3-12(17)6-10/h1-6,8,14,19H,7,18H2. The Bertz CT molecular complexity index is 577. The first kappa shape index (κ1) is 14.7. The minimum atomic E-state index is -0.333. The van der Waals surface area contributed by atoms with Crippen LogP contribution in [0.4, 0.5) is 4.39 Å². The zero-order valence-corrected chi connectivity index (χ0v) is 13.0. The van der Waals surface area contributed by atoms with Crippen LogP contribution < -0.4 is 11.3 Å². The molecule has 0 fully saturated rings. The van der Waals surface area contributed by atoms with E-state index in [1.807, 2.05) is 18.2 Å². The molecule has 3 N–H and O–H groups in total. The lowest BCUT2D eigenvalue weighted by Crippen LogP contribution is -2.29. The summed E-state index contributed by atoms with van der Waals surface area (Å²) in [6, 6.07) is 12.4. The minimum Gasteiger partial charge on any atom is -0.271 e. The van der Waals surface area contributed by atoms with Gasteiger partial charge in [0.2, 0.25) is 0 Å². The molecule has 1 atom stereocenters. The summed E-state index contributed by atoms with van der Waals surface area (Å²) in [6.45, 7) is 0. The van der Waals surface area contributed by atoms with Crippen molar-refractivity contribution in [3.63, 3.8) is 0 Å². The van der Waals surface area contributed by atoms with Gasteiger partial charge in [0.1, 0.15) is 5.82 Å². The number of nitrogens with one attached hydrogen (secondary N) is 1. The van der Waals surface area contributed by atoms with Crippen LogP contribution >= 0.6 is 34.2 Å². The topological polar surface area (TPSA) is 38.0 Å². The van der Waals surface area contributed by atoms with Crippen LogP contribution in [0.15, 0.2) is 42.5 Å². The van der Waals surface area contributed by atoms with E-state index >= 15 is 0 Å². The van der Waals surface area contributed by atoms with Crippen molar-refractivity contribution in [2.24, 2.45) is 5.84 Å². The molecule has 19 heavy (non-hydrogen) atoms. The molecule has 5 heteroatoms. The van der Waals surface area contributed by atoms with Crippen LogP contribution in [-0.2, 0) is 6.42 Å². The first-order chi connectivity index (χ1) is 9.10. The van der Waals surface area contributed by atoms with Gasteiger partial charge in [-0.1, -0.05) is 29.8 Å². The van der Waals surface area contributed by atoms with Crippen molar-refractivity contribution in [1.82, 2.24) is 5.43 Å². The molecule has 2 aromatic carbocycles. The summed E-state index contributed by atoms with van der Waals surface area (Å²) in [7, 11) is 0. The van der Waals surface area contributed by atoms with Crippen molar-refractivity contribution >= 4 is 34.2 Å². The molecule has 0 saturated heterocycles. The average Bonchev–Trinajstić information content (AvgIpc) is 2.38. The van der Waals surface area contributed by atoms with Crippen molar-refractivity contribution in [3.05, 3.63) is 68.0 Å². The van der Waals surface area contributed by atoms with E-state index in [0.717, 1.165) is 14.7 Å². The van der Waals surface area contributed by atoms with Crippen LogP contribution in [0, 0.1) is 9.39 Å². The highest BCUT2D eigenvalue weighted by Crippen LogP contribution is 2.24. The molecule has 0 radical (unpaired) electrons. The van der Waals surface area contributed by atoms with Crippen molar-refractivity contribution in [2.75, 3.05) is 0 Å².